The average Bonchev–Trinajstić information content (AvgIpc) is 3.48. The van der Waals surface area contributed by atoms with Crippen LogP contribution in [0.4, 0.5) is 0 Å². The van der Waals surface area contributed by atoms with Crippen LogP contribution in [0.1, 0.15) is 37.8 Å². The first-order valence-corrected chi connectivity index (χ1v) is 9.16. The summed E-state index contributed by atoms with van der Waals surface area (Å²) in [5.74, 6) is -0.00606. The summed E-state index contributed by atoms with van der Waals surface area (Å²) in [7, 11) is 0. The highest BCUT2D eigenvalue weighted by Gasteiger charge is 2.34. The van der Waals surface area contributed by atoms with Crippen LogP contribution in [-0.2, 0) is 14.3 Å². The molecule has 1 saturated carbocycles. The van der Waals surface area contributed by atoms with Gasteiger partial charge in [-0.25, -0.2) is 0 Å². The Balaban J connectivity index is 1.51. The maximum Gasteiger partial charge on any atom is 0.223 e. The van der Waals surface area contributed by atoms with Crippen LogP contribution in [0.3, 0.4) is 0 Å². The topological polar surface area (TPSA) is 87.7 Å². The van der Waals surface area contributed by atoms with Gasteiger partial charge in [0.25, 0.3) is 0 Å². The first kappa shape index (κ1) is 18.6. The molecule has 140 valence electrons. The van der Waals surface area contributed by atoms with Gasteiger partial charge in [0.2, 0.25) is 11.8 Å². The van der Waals surface area contributed by atoms with E-state index in [0.717, 1.165) is 18.4 Å². The van der Waals surface area contributed by atoms with Crippen molar-refractivity contribution in [2.45, 2.75) is 50.5 Å². The van der Waals surface area contributed by atoms with Crippen LogP contribution in [0.5, 0.6) is 0 Å². The molecule has 0 bridgehead atoms. The van der Waals surface area contributed by atoms with E-state index in [1.807, 2.05) is 43.3 Å². The van der Waals surface area contributed by atoms with Crippen molar-refractivity contribution >= 4 is 11.8 Å². The number of amides is 2. The normalized spacial score (nSPS) is 26.2. The third-order valence-corrected chi connectivity index (χ3v) is 4.78. The number of aliphatic hydroxyl groups is 1. The lowest BCUT2D eigenvalue weighted by Crippen LogP contribution is -2.49. The van der Waals surface area contributed by atoms with Gasteiger partial charge in [-0.15, -0.1) is 0 Å². The maximum atomic E-state index is 12.3. The monoisotopic (exact) mass is 358 g/mol. The summed E-state index contributed by atoms with van der Waals surface area (Å²) in [4.78, 5) is 24.2. The molecule has 1 aromatic rings. The minimum absolute atomic E-state index is 0.00887. The van der Waals surface area contributed by atoms with E-state index in [1.54, 1.807) is 6.08 Å². The fraction of sp³-hybridized carbons (Fsp3) is 0.500. The molecule has 3 N–H and O–H groups in total. The summed E-state index contributed by atoms with van der Waals surface area (Å²) in [6, 6.07) is 9.31. The van der Waals surface area contributed by atoms with Crippen LogP contribution >= 0.6 is 0 Å². The third kappa shape index (κ3) is 4.93. The predicted octanol–water partition coefficient (Wildman–Crippen LogP) is 1.46. The Labute approximate surface area is 153 Å². The molecule has 4 atom stereocenters. The van der Waals surface area contributed by atoms with Gasteiger partial charge < -0.3 is 20.5 Å². The molecule has 2 amide bonds. The van der Waals surface area contributed by atoms with Gasteiger partial charge in [0.15, 0.2) is 0 Å². The van der Waals surface area contributed by atoms with E-state index in [1.165, 1.54) is 0 Å². The zero-order valence-electron chi connectivity index (χ0n) is 14.9. The summed E-state index contributed by atoms with van der Waals surface area (Å²) >= 11 is 0. The number of rotatable bonds is 7. The lowest BCUT2D eigenvalue weighted by atomic mass is 10.0. The maximum absolute atomic E-state index is 12.3. The van der Waals surface area contributed by atoms with Crippen LogP contribution in [0.2, 0.25) is 0 Å². The van der Waals surface area contributed by atoms with Gasteiger partial charge in [-0.2, -0.15) is 0 Å². The summed E-state index contributed by atoms with van der Waals surface area (Å²) in [5.41, 5.74) is 1.04. The Morgan fingerprint density at radius 2 is 1.96 bits per heavy atom. The van der Waals surface area contributed by atoms with Crippen molar-refractivity contribution in [2.24, 2.45) is 5.92 Å². The molecule has 2 aliphatic rings. The van der Waals surface area contributed by atoms with E-state index < -0.39 is 12.2 Å². The van der Waals surface area contributed by atoms with Crippen LogP contribution in [0, 0.1) is 5.92 Å². The molecule has 26 heavy (non-hydrogen) atoms. The van der Waals surface area contributed by atoms with Gasteiger partial charge >= 0.3 is 0 Å². The van der Waals surface area contributed by atoms with Gasteiger partial charge in [-0.3, -0.25) is 9.59 Å². The summed E-state index contributed by atoms with van der Waals surface area (Å²) in [6.07, 6.45) is 4.69. The highest BCUT2D eigenvalue weighted by Crippen LogP contribution is 2.29. The minimum Gasteiger partial charge on any atom is -0.394 e. The molecule has 6 heteroatoms. The van der Waals surface area contributed by atoms with Crippen LogP contribution in [0.25, 0.3) is 0 Å². The number of benzene rings is 1. The van der Waals surface area contributed by atoms with Crippen molar-refractivity contribution in [3.63, 3.8) is 0 Å². The average molecular weight is 358 g/mol. The summed E-state index contributed by atoms with van der Waals surface area (Å²) < 4.78 is 5.79. The van der Waals surface area contributed by atoms with Crippen molar-refractivity contribution in [3.8, 4) is 0 Å². The standard InChI is InChI=1S/C20H26N2O4/c1-13(14-5-3-2-4-6-14)21-19(24)11-16-9-10-17(18(12-23)26-16)22-20(25)15-7-8-15/h2-6,9-10,13,15-18,23H,7-8,11-12H2,1H3,(H,21,24)(H,22,25)/t13-,16-,17+,18-/m0/s1. The number of hydrogen-bond acceptors (Lipinski definition) is 4. The highest BCUT2D eigenvalue weighted by atomic mass is 16.5. The van der Waals surface area contributed by atoms with Gasteiger partial charge in [0, 0.05) is 5.92 Å². The van der Waals surface area contributed by atoms with Gasteiger partial charge in [-0.1, -0.05) is 42.5 Å². The fourth-order valence-electron chi connectivity index (χ4n) is 3.07. The van der Waals surface area contributed by atoms with E-state index in [2.05, 4.69) is 10.6 Å². The lowest BCUT2D eigenvalue weighted by molar-refractivity contribution is -0.129. The number of aliphatic hydroxyl groups excluding tert-OH is 1. The molecule has 0 saturated heterocycles. The van der Waals surface area contributed by atoms with E-state index in [0.29, 0.717) is 0 Å². The summed E-state index contributed by atoms with van der Waals surface area (Å²) in [5, 5.41) is 15.4. The lowest BCUT2D eigenvalue weighted by Gasteiger charge is -2.32. The molecule has 1 heterocycles. The number of carbonyl (C=O) groups is 2. The second-order valence-electron chi connectivity index (χ2n) is 6.99. The van der Waals surface area contributed by atoms with E-state index >= 15 is 0 Å². The zero-order chi connectivity index (χ0) is 18.5. The number of hydrogen-bond donors (Lipinski definition) is 3. The van der Waals surface area contributed by atoms with Crippen molar-refractivity contribution in [2.75, 3.05) is 6.61 Å². The van der Waals surface area contributed by atoms with Crippen LogP contribution in [-0.4, -0.2) is 41.8 Å². The first-order chi connectivity index (χ1) is 12.6. The predicted molar refractivity (Wildman–Crippen MR) is 97.2 cm³/mol. The second kappa shape index (κ2) is 8.47. The minimum atomic E-state index is -0.535. The molecule has 1 aliphatic heterocycles. The van der Waals surface area contributed by atoms with Crippen molar-refractivity contribution < 1.29 is 19.4 Å². The SMILES string of the molecule is C[C@H](NC(=O)C[C@@H]1C=C[C@@H](NC(=O)C2CC2)[C@H](CO)O1)c1ccccc1. The molecule has 0 radical (unpaired) electrons. The second-order valence-corrected chi connectivity index (χ2v) is 6.99. The Morgan fingerprint density at radius 3 is 2.62 bits per heavy atom. The zero-order valence-corrected chi connectivity index (χ0v) is 14.9. The van der Waals surface area contributed by atoms with Gasteiger partial charge in [0.05, 0.1) is 31.2 Å². The molecule has 0 aromatic heterocycles. The van der Waals surface area contributed by atoms with Crippen molar-refractivity contribution in [3.05, 3.63) is 48.0 Å². The smallest absolute Gasteiger partial charge is 0.223 e. The third-order valence-electron chi connectivity index (χ3n) is 4.78. The molecule has 0 spiro atoms. The molecule has 3 rings (SSSR count). The number of ether oxygens (including phenoxy) is 1. The summed E-state index contributed by atoms with van der Waals surface area (Å²) in [6.45, 7) is 1.73. The quantitative estimate of drug-likeness (QED) is 0.644. The molecular formula is C20H26N2O4. The molecule has 1 aromatic carbocycles. The Bertz CT molecular complexity index is 657. The molecule has 6 nitrogen and oxygen atoms in total. The molecule has 0 unspecified atom stereocenters. The Morgan fingerprint density at radius 1 is 1.23 bits per heavy atom. The van der Waals surface area contributed by atoms with E-state index in [-0.39, 0.29) is 42.8 Å². The largest absolute Gasteiger partial charge is 0.394 e. The van der Waals surface area contributed by atoms with Crippen molar-refractivity contribution in [1.29, 1.82) is 0 Å². The highest BCUT2D eigenvalue weighted by molar-refractivity contribution is 5.81. The van der Waals surface area contributed by atoms with Crippen molar-refractivity contribution in [1.82, 2.24) is 10.6 Å². The van der Waals surface area contributed by atoms with Gasteiger partial charge in [-0.05, 0) is 25.3 Å². The molecular weight excluding hydrogens is 332 g/mol. The Kier molecular flexibility index (Phi) is 6.06. The molecule has 1 fully saturated rings. The van der Waals surface area contributed by atoms with E-state index in [4.69, 9.17) is 4.74 Å². The number of carbonyl (C=O) groups excluding carboxylic acids is 2. The molecule has 1 aliphatic carbocycles. The first-order valence-electron chi connectivity index (χ1n) is 9.16. The fourth-order valence-corrected chi connectivity index (χ4v) is 3.07. The Hall–Kier alpha value is -2.18. The number of nitrogens with one attached hydrogen (secondary N) is 2. The van der Waals surface area contributed by atoms with E-state index in [9.17, 15) is 14.7 Å². The van der Waals surface area contributed by atoms with Crippen LogP contribution in [0.15, 0.2) is 42.5 Å². The van der Waals surface area contributed by atoms with Gasteiger partial charge in [0.1, 0.15) is 6.10 Å². The van der Waals surface area contributed by atoms with Crippen LogP contribution < -0.4 is 10.6 Å².